The van der Waals surface area contributed by atoms with E-state index < -0.39 is 6.61 Å². The number of anilines is 1. The Hall–Kier alpha value is -3.10. The molecule has 3 aromatic heterocycles. The van der Waals surface area contributed by atoms with Crippen molar-refractivity contribution in [1.82, 2.24) is 20.1 Å². The van der Waals surface area contributed by atoms with E-state index in [4.69, 9.17) is 4.52 Å². The fraction of sp³-hybridized carbons (Fsp3) is 0.294. The minimum atomic E-state index is -2.90. The summed E-state index contributed by atoms with van der Waals surface area (Å²) >= 11 is 0. The van der Waals surface area contributed by atoms with Crippen LogP contribution in [0.3, 0.4) is 0 Å². The molecule has 4 rings (SSSR count). The van der Waals surface area contributed by atoms with E-state index in [1.807, 2.05) is 12.1 Å². The predicted octanol–water partition coefficient (Wildman–Crippen LogP) is 3.40. The van der Waals surface area contributed by atoms with Crippen LogP contribution in [0.5, 0.6) is 5.75 Å². The van der Waals surface area contributed by atoms with E-state index in [9.17, 15) is 8.78 Å². The van der Waals surface area contributed by atoms with E-state index in [1.54, 1.807) is 6.20 Å². The Labute approximate surface area is 147 Å². The van der Waals surface area contributed by atoms with Gasteiger partial charge < -0.3 is 14.2 Å². The molecule has 0 amide bonds. The van der Waals surface area contributed by atoms with E-state index in [0.717, 1.165) is 18.8 Å². The first-order valence-corrected chi connectivity index (χ1v) is 8.15. The first-order chi connectivity index (χ1) is 12.7. The molecule has 0 bridgehead atoms. The number of alkyl halides is 2. The van der Waals surface area contributed by atoms with Gasteiger partial charge in [-0.25, -0.2) is 4.98 Å². The second kappa shape index (κ2) is 7.03. The highest BCUT2D eigenvalue weighted by Gasteiger charge is 2.16. The highest BCUT2D eigenvalue weighted by molar-refractivity contribution is 5.57. The third-order valence-corrected chi connectivity index (χ3v) is 4.05. The van der Waals surface area contributed by atoms with Crippen molar-refractivity contribution in [2.45, 2.75) is 19.5 Å². The maximum Gasteiger partial charge on any atom is 0.387 e. The maximum atomic E-state index is 12.2. The van der Waals surface area contributed by atoms with Crippen LogP contribution in [0.4, 0.5) is 14.5 Å². The molecule has 7 nitrogen and oxygen atoms in total. The van der Waals surface area contributed by atoms with E-state index in [0.29, 0.717) is 17.2 Å². The minimum absolute atomic E-state index is 0.0392. The molecule has 0 aliphatic carbocycles. The number of hydrogen-bond donors (Lipinski definition) is 0. The lowest BCUT2D eigenvalue weighted by Gasteiger charge is -2.16. The molecule has 4 heterocycles. The van der Waals surface area contributed by atoms with Crippen LogP contribution in [-0.2, 0) is 0 Å². The summed E-state index contributed by atoms with van der Waals surface area (Å²) in [6.07, 6.45) is 5.37. The average molecular weight is 359 g/mol. The summed E-state index contributed by atoms with van der Waals surface area (Å²) in [4.78, 5) is 14.9. The first-order valence-electron chi connectivity index (χ1n) is 8.15. The van der Waals surface area contributed by atoms with Gasteiger partial charge in [0.2, 0.25) is 5.82 Å². The van der Waals surface area contributed by atoms with Crippen molar-refractivity contribution in [3.63, 3.8) is 0 Å². The van der Waals surface area contributed by atoms with E-state index in [2.05, 4.69) is 29.7 Å². The van der Waals surface area contributed by atoms with Gasteiger partial charge in [0.1, 0.15) is 17.1 Å². The molecule has 1 aliphatic heterocycles. The summed E-state index contributed by atoms with van der Waals surface area (Å²) in [7, 11) is 0. The van der Waals surface area contributed by atoms with Crippen LogP contribution in [0.1, 0.15) is 12.8 Å². The normalized spacial score (nSPS) is 14.2. The fourth-order valence-corrected chi connectivity index (χ4v) is 2.79. The molecule has 1 fully saturated rings. The van der Waals surface area contributed by atoms with Crippen molar-refractivity contribution >= 4 is 5.69 Å². The molecule has 0 spiro atoms. The lowest BCUT2D eigenvalue weighted by atomic mass is 10.3. The molecule has 134 valence electrons. The maximum absolute atomic E-state index is 12.2. The SMILES string of the molecule is FC(F)Oc1ccc(-c2nc(-c3ccc(N4CCCC4)cn3)no2)nc1. The van der Waals surface area contributed by atoms with Crippen molar-refractivity contribution in [3.8, 4) is 28.9 Å². The Morgan fingerprint density at radius 1 is 1.00 bits per heavy atom. The van der Waals surface area contributed by atoms with Gasteiger partial charge in [0.15, 0.2) is 0 Å². The zero-order valence-corrected chi connectivity index (χ0v) is 13.7. The summed E-state index contributed by atoms with van der Waals surface area (Å²) in [5.41, 5.74) is 2.02. The lowest BCUT2D eigenvalue weighted by Crippen LogP contribution is -2.17. The second-order valence-electron chi connectivity index (χ2n) is 5.78. The Bertz CT molecular complexity index is 862. The molecule has 0 atom stereocenters. The molecular formula is C17H15F2N5O2. The second-order valence-corrected chi connectivity index (χ2v) is 5.78. The fourth-order valence-electron chi connectivity index (χ4n) is 2.79. The molecule has 1 aliphatic rings. The van der Waals surface area contributed by atoms with Gasteiger partial charge in [-0.2, -0.15) is 13.8 Å². The number of halogens is 2. The topological polar surface area (TPSA) is 77.2 Å². The summed E-state index contributed by atoms with van der Waals surface area (Å²) < 4.78 is 33.8. The van der Waals surface area contributed by atoms with Crippen LogP contribution < -0.4 is 9.64 Å². The van der Waals surface area contributed by atoms with Gasteiger partial charge in [-0.3, -0.25) is 4.98 Å². The summed E-state index contributed by atoms with van der Waals surface area (Å²) in [6, 6.07) is 6.66. The molecule has 3 aromatic rings. The van der Waals surface area contributed by atoms with Crippen molar-refractivity contribution in [2.24, 2.45) is 0 Å². The number of hydrogen-bond acceptors (Lipinski definition) is 7. The van der Waals surface area contributed by atoms with Gasteiger partial charge in [-0.05, 0) is 37.1 Å². The number of pyridine rings is 2. The molecular weight excluding hydrogens is 344 g/mol. The zero-order valence-electron chi connectivity index (χ0n) is 13.7. The van der Waals surface area contributed by atoms with E-state index in [1.165, 1.54) is 31.2 Å². The van der Waals surface area contributed by atoms with E-state index in [-0.39, 0.29) is 11.6 Å². The van der Waals surface area contributed by atoms with E-state index >= 15 is 0 Å². The summed E-state index contributed by atoms with van der Waals surface area (Å²) in [6.45, 7) is -0.804. The molecule has 1 saturated heterocycles. The lowest BCUT2D eigenvalue weighted by molar-refractivity contribution is -0.0500. The number of rotatable bonds is 5. The number of nitrogens with zero attached hydrogens (tertiary/aromatic N) is 5. The largest absolute Gasteiger partial charge is 0.433 e. The van der Waals surface area contributed by atoms with Crippen LogP contribution in [0.2, 0.25) is 0 Å². The molecule has 0 radical (unpaired) electrons. The molecule has 9 heteroatoms. The minimum Gasteiger partial charge on any atom is -0.433 e. The Morgan fingerprint density at radius 3 is 2.42 bits per heavy atom. The Morgan fingerprint density at radius 2 is 1.77 bits per heavy atom. The standard InChI is InChI=1S/C17H15F2N5O2/c18-17(19)25-12-4-6-14(21-10-12)16-22-15(23-26-16)13-5-3-11(9-20-13)24-7-1-2-8-24/h3-6,9-10,17H,1-2,7-8H2. The third-order valence-electron chi connectivity index (χ3n) is 4.05. The third kappa shape index (κ3) is 3.46. The molecule has 0 unspecified atom stereocenters. The van der Waals surface area contributed by atoms with Crippen molar-refractivity contribution in [3.05, 3.63) is 36.7 Å². The quantitative estimate of drug-likeness (QED) is 0.691. The Balaban J connectivity index is 1.50. The van der Waals surface area contributed by atoms with Gasteiger partial charge in [0, 0.05) is 13.1 Å². The van der Waals surface area contributed by atoms with Crippen LogP contribution in [0.25, 0.3) is 23.1 Å². The van der Waals surface area contributed by atoms with Crippen LogP contribution in [-0.4, -0.2) is 39.8 Å². The van der Waals surface area contributed by atoms with Crippen molar-refractivity contribution < 1.29 is 18.0 Å². The number of aromatic nitrogens is 4. The van der Waals surface area contributed by atoms with Gasteiger partial charge in [-0.15, -0.1) is 0 Å². The monoisotopic (exact) mass is 359 g/mol. The van der Waals surface area contributed by atoms with Crippen LogP contribution >= 0.6 is 0 Å². The van der Waals surface area contributed by atoms with Crippen molar-refractivity contribution in [1.29, 1.82) is 0 Å². The van der Waals surface area contributed by atoms with Gasteiger partial charge in [0.25, 0.3) is 5.89 Å². The average Bonchev–Trinajstić information content (AvgIpc) is 3.34. The van der Waals surface area contributed by atoms with Crippen molar-refractivity contribution in [2.75, 3.05) is 18.0 Å². The van der Waals surface area contributed by atoms with Gasteiger partial charge >= 0.3 is 6.61 Å². The highest BCUT2D eigenvalue weighted by Crippen LogP contribution is 2.24. The van der Waals surface area contributed by atoms with Crippen LogP contribution in [0.15, 0.2) is 41.2 Å². The molecule has 26 heavy (non-hydrogen) atoms. The molecule has 0 saturated carbocycles. The zero-order chi connectivity index (χ0) is 17.9. The highest BCUT2D eigenvalue weighted by atomic mass is 19.3. The summed E-state index contributed by atoms with van der Waals surface area (Å²) in [5, 5.41) is 3.91. The number of ether oxygens (including phenoxy) is 1. The van der Waals surface area contributed by atoms with Crippen LogP contribution in [0, 0.1) is 0 Å². The summed E-state index contributed by atoms with van der Waals surface area (Å²) in [5.74, 6) is 0.472. The Kier molecular flexibility index (Phi) is 4.42. The predicted molar refractivity (Wildman–Crippen MR) is 88.8 cm³/mol. The first kappa shape index (κ1) is 16.4. The van der Waals surface area contributed by atoms with Gasteiger partial charge in [0.05, 0.1) is 18.1 Å². The molecule has 0 aromatic carbocycles. The van der Waals surface area contributed by atoms with Gasteiger partial charge in [-0.1, -0.05) is 5.16 Å². The molecule has 0 N–H and O–H groups in total. The smallest absolute Gasteiger partial charge is 0.387 e.